The maximum atomic E-state index is 13.1. The Morgan fingerprint density at radius 1 is 1.03 bits per heavy atom. The lowest BCUT2D eigenvalue weighted by Gasteiger charge is -2.28. The molecule has 1 aliphatic rings. The summed E-state index contributed by atoms with van der Waals surface area (Å²) >= 11 is 3.57. The summed E-state index contributed by atoms with van der Waals surface area (Å²) in [6, 6.07) is 14.2. The van der Waals surface area contributed by atoms with E-state index in [4.69, 9.17) is 10.7 Å². The molecule has 1 aliphatic carbocycles. The fourth-order valence-corrected chi connectivity index (χ4v) is 4.54. The fraction of sp³-hybridized carbons (Fsp3) is 0.273. The van der Waals surface area contributed by atoms with Crippen LogP contribution in [-0.4, -0.2) is 27.0 Å². The summed E-state index contributed by atoms with van der Waals surface area (Å²) in [4.78, 5) is 24.1. The monoisotopic (exact) mass is 451 g/mol. The van der Waals surface area contributed by atoms with Gasteiger partial charge in [-0.1, -0.05) is 28.1 Å². The van der Waals surface area contributed by atoms with Crippen LogP contribution in [0, 0.1) is 0 Å². The Bertz CT molecular complexity index is 1220. The summed E-state index contributed by atoms with van der Waals surface area (Å²) in [5.41, 5.74) is 9.84. The normalized spacial score (nSPS) is 19.7. The zero-order valence-electron chi connectivity index (χ0n) is 15.8. The number of halogens is 1. The third-order valence-corrected chi connectivity index (χ3v) is 6.22. The molecule has 0 aliphatic heterocycles. The first-order valence-corrected chi connectivity index (χ1v) is 10.7. The molecule has 0 unspecified atom stereocenters. The number of aromatic nitrogens is 3. The second-order valence-corrected chi connectivity index (χ2v) is 8.67. The molecule has 4 aromatic rings. The maximum absolute atomic E-state index is 13.1. The van der Waals surface area contributed by atoms with E-state index in [2.05, 4.69) is 31.2 Å². The van der Waals surface area contributed by atoms with E-state index in [-0.39, 0.29) is 17.6 Å². The van der Waals surface area contributed by atoms with Gasteiger partial charge in [-0.3, -0.25) is 4.79 Å². The summed E-state index contributed by atoms with van der Waals surface area (Å²) in [7, 11) is 0. The molecule has 2 aromatic carbocycles. The summed E-state index contributed by atoms with van der Waals surface area (Å²) in [5.74, 6) is 0.573. The molecule has 29 heavy (non-hydrogen) atoms. The van der Waals surface area contributed by atoms with Crippen LogP contribution >= 0.6 is 15.9 Å². The van der Waals surface area contributed by atoms with Crippen LogP contribution in [0.1, 0.15) is 25.7 Å². The Morgan fingerprint density at radius 3 is 2.62 bits per heavy atom. The number of nitrogens with two attached hydrogens (primary N) is 1. The number of pyridine rings is 1. The molecule has 1 saturated carbocycles. The van der Waals surface area contributed by atoms with Crippen molar-refractivity contribution in [2.45, 2.75) is 37.8 Å². The van der Waals surface area contributed by atoms with Gasteiger partial charge in [0.15, 0.2) is 0 Å². The number of nitrogens with zero attached hydrogens (tertiary/aromatic N) is 1. The lowest BCUT2D eigenvalue weighted by Crippen LogP contribution is -2.33. The summed E-state index contributed by atoms with van der Waals surface area (Å²) in [5, 5.41) is 4.63. The van der Waals surface area contributed by atoms with Crippen molar-refractivity contribution in [3.8, 4) is 11.4 Å². The Morgan fingerprint density at radius 2 is 1.83 bits per heavy atom. The Hall–Kier alpha value is -2.64. The van der Waals surface area contributed by atoms with E-state index < -0.39 is 0 Å². The first kappa shape index (κ1) is 18.4. The number of nitrogens with one attached hydrogen (secondary N) is 3. The van der Waals surface area contributed by atoms with Crippen LogP contribution in [0.5, 0.6) is 0 Å². The molecular weight excluding hydrogens is 430 g/mol. The number of fused-ring (bicyclic) bond motifs is 2. The molecule has 5 rings (SSSR count). The second kappa shape index (κ2) is 7.31. The highest BCUT2D eigenvalue weighted by molar-refractivity contribution is 9.10. The van der Waals surface area contributed by atoms with Gasteiger partial charge in [0, 0.05) is 21.9 Å². The molecule has 0 amide bonds. The number of hydrogen-bond donors (Lipinski definition) is 4. The van der Waals surface area contributed by atoms with Crippen molar-refractivity contribution >= 4 is 43.6 Å². The van der Waals surface area contributed by atoms with Gasteiger partial charge in [0.05, 0.1) is 22.2 Å². The van der Waals surface area contributed by atoms with Crippen molar-refractivity contribution in [2.75, 3.05) is 5.32 Å². The molecule has 2 aromatic heterocycles. The summed E-state index contributed by atoms with van der Waals surface area (Å²) in [6.07, 6.45) is 3.96. The lowest BCUT2D eigenvalue weighted by molar-refractivity contribution is 0.411. The standard InChI is InChI=1S/C22H22BrN5O/c23-12-5-10-16-15(11-12)20(25-14-8-6-13(24)7-9-14)19(22(29)28-16)21-26-17-3-1-2-4-18(17)27-21/h1-5,10-11,13-14H,6-9,24H2,(H,26,27)(H2,25,28,29). The number of hydrogen-bond acceptors (Lipinski definition) is 4. The lowest BCUT2D eigenvalue weighted by atomic mass is 9.91. The van der Waals surface area contributed by atoms with Gasteiger partial charge in [-0.2, -0.15) is 0 Å². The van der Waals surface area contributed by atoms with E-state index in [9.17, 15) is 4.79 Å². The van der Waals surface area contributed by atoms with Crippen LogP contribution in [0.4, 0.5) is 5.69 Å². The van der Waals surface area contributed by atoms with Crippen molar-refractivity contribution in [2.24, 2.45) is 5.73 Å². The quantitative estimate of drug-likeness (QED) is 0.367. The zero-order chi connectivity index (χ0) is 20.0. The molecule has 0 bridgehead atoms. The minimum absolute atomic E-state index is 0.158. The van der Waals surface area contributed by atoms with Crippen LogP contribution in [0.25, 0.3) is 33.3 Å². The van der Waals surface area contributed by atoms with E-state index in [1.165, 1.54) is 0 Å². The molecule has 0 radical (unpaired) electrons. The van der Waals surface area contributed by atoms with Crippen molar-refractivity contribution < 1.29 is 0 Å². The van der Waals surface area contributed by atoms with Crippen molar-refractivity contribution in [3.63, 3.8) is 0 Å². The number of para-hydroxylation sites is 2. The molecule has 0 spiro atoms. The minimum atomic E-state index is -0.158. The van der Waals surface area contributed by atoms with Gasteiger partial charge in [-0.25, -0.2) is 4.98 Å². The van der Waals surface area contributed by atoms with Crippen molar-refractivity contribution in [1.82, 2.24) is 15.0 Å². The summed E-state index contributed by atoms with van der Waals surface area (Å²) in [6.45, 7) is 0. The van der Waals surface area contributed by atoms with Gasteiger partial charge in [-0.15, -0.1) is 0 Å². The van der Waals surface area contributed by atoms with Gasteiger partial charge in [0.2, 0.25) is 0 Å². The molecule has 0 atom stereocenters. The Kier molecular flexibility index (Phi) is 4.64. The van der Waals surface area contributed by atoms with Crippen molar-refractivity contribution in [1.29, 1.82) is 0 Å². The Balaban J connectivity index is 1.71. The second-order valence-electron chi connectivity index (χ2n) is 7.75. The number of rotatable bonds is 3. The highest BCUT2D eigenvalue weighted by Crippen LogP contribution is 2.34. The zero-order valence-corrected chi connectivity index (χ0v) is 17.4. The largest absolute Gasteiger partial charge is 0.381 e. The molecule has 2 heterocycles. The predicted molar refractivity (Wildman–Crippen MR) is 121 cm³/mol. The van der Waals surface area contributed by atoms with Gasteiger partial charge in [0.1, 0.15) is 11.4 Å². The van der Waals surface area contributed by atoms with Crippen LogP contribution in [0.3, 0.4) is 0 Å². The average Bonchev–Trinajstić information content (AvgIpc) is 3.14. The van der Waals surface area contributed by atoms with Gasteiger partial charge in [0.25, 0.3) is 5.56 Å². The third-order valence-electron chi connectivity index (χ3n) is 5.72. The Labute approximate surface area is 176 Å². The van der Waals surface area contributed by atoms with Crippen LogP contribution in [0.15, 0.2) is 51.7 Å². The topological polar surface area (TPSA) is 99.6 Å². The maximum Gasteiger partial charge on any atom is 0.261 e. The molecule has 0 saturated heterocycles. The number of aromatic amines is 2. The van der Waals surface area contributed by atoms with E-state index >= 15 is 0 Å². The average molecular weight is 452 g/mol. The van der Waals surface area contributed by atoms with Crippen LogP contribution in [-0.2, 0) is 0 Å². The first-order valence-electron chi connectivity index (χ1n) is 9.91. The minimum Gasteiger partial charge on any atom is -0.381 e. The highest BCUT2D eigenvalue weighted by atomic mass is 79.9. The third kappa shape index (κ3) is 3.45. The van der Waals surface area contributed by atoms with E-state index in [0.717, 1.165) is 57.8 Å². The highest BCUT2D eigenvalue weighted by Gasteiger charge is 2.23. The fourth-order valence-electron chi connectivity index (χ4n) is 4.18. The first-order chi connectivity index (χ1) is 14.1. The molecule has 6 nitrogen and oxygen atoms in total. The molecule has 7 heteroatoms. The van der Waals surface area contributed by atoms with Gasteiger partial charge < -0.3 is 21.0 Å². The number of benzene rings is 2. The number of H-pyrrole nitrogens is 2. The van der Waals surface area contributed by atoms with Crippen LogP contribution in [0.2, 0.25) is 0 Å². The molecule has 5 N–H and O–H groups in total. The molecule has 148 valence electrons. The van der Waals surface area contributed by atoms with E-state index in [0.29, 0.717) is 11.4 Å². The smallest absolute Gasteiger partial charge is 0.261 e. The number of anilines is 1. The predicted octanol–water partition coefficient (Wildman–Crippen LogP) is 4.52. The van der Waals surface area contributed by atoms with Gasteiger partial charge in [-0.05, 0) is 56.0 Å². The van der Waals surface area contributed by atoms with Crippen molar-refractivity contribution in [3.05, 3.63) is 57.3 Å². The summed E-state index contributed by atoms with van der Waals surface area (Å²) < 4.78 is 0.960. The number of imidazole rings is 1. The van der Waals surface area contributed by atoms with E-state index in [1.807, 2.05) is 42.5 Å². The molecular formula is C22H22BrN5O. The van der Waals surface area contributed by atoms with E-state index in [1.54, 1.807) is 0 Å². The SMILES string of the molecule is NC1CCC(Nc2c(-c3nc4ccccc4[nH]3)c(=O)[nH]c3ccc(Br)cc23)CC1. The molecule has 1 fully saturated rings. The van der Waals surface area contributed by atoms with Gasteiger partial charge >= 0.3 is 0 Å². The van der Waals surface area contributed by atoms with Crippen LogP contribution < -0.4 is 16.6 Å².